The van der Waals surface area contributed by atoms with E-state index < -0.39 is 21.5 Å². The fraction of sp³-hybridized carbons (Fsp3) is 0.364. The fourth-order valence-corrected chi connectivity index (χ4v) is 3.61. The van der Waals surface area contributed by atoms with Crippen LogP contribution in [0.15, 0.2) is 64.6 Å². The summed E-state index contributed by atoms with van der Waals surface area (Å²) in [6.07, 6.45) is 1.10. The minimum absolute atomic E-state index is 0.158. The molecule has 0 saturated heterocycles. The molecule has 0 radical (unpaired) electrons. The van der Waals surface area contributed by atoms with Gasteiger partial charge >= 0.3 is 5.97 Å². The van der Waals surface area contributed by atoms with E-state index in [4.69, 9.17) is 9.39 Å². The highest BCUT2D eigenvalue weighted by atomic mass is 32.2. The lowest BCUT2D eigenvalue weighted by molar-refractivity contribution is -0.149. The van der Waals surface area contributed by atoms with Crippen LogP contribution >= 0.6 is 0 Å². The molecular formula is C22H27NO5S. The van der Waals surface area contributed by atoms with Crippen LogP contribution < -0.4 is 0 Å². The predicted octanol–water partition coefficient (Wildman–Crippen LogP) is 4.59. The highest BCUT2D eigenvalue weighted by Gasteiger charge is 2.30. The second-order valence-corrected chi connectivity index (χ2v) is 9.07. The van der Waals surface area contributed by atoms with Crippen molar-refractivity contribution in [1.29, 1.82) is 0 Å². The lowest BCUT2D eigenvalue weighted by Crippen LogP contribution is -2.27. The summed E-state index contributed by atoms with van der Waals surface area (Å²) in [6.45, 7) is 7.65. The van der Waals surface area contributed by atoms with Gasteiger partial charge in [-0.2, -0.15) is 8.42 Å². The molecule has 0 bridgehead atoms. The van der Waals surface area contributed by atoms with Crippen molar-refractivity contribution < 1.29 is 22.6 Å². The predicted molar refractivity (Wildman–Crippen MR) is 112 cm³/mol. The molecule has 7 heteroatoms. The standard InChI is InChI=1S/C22H27NO5S/c1-5-17(21(24)28-23-16(2)18-9-7-6-8-10-18)15-22(3,4)19-11-13-20(14-12-19)29(25,26)27/h6-14,17H,5,15H2,1-4H3,(H,25,26,27)/b23-16-. The van der Waals surface area contributed by atoms with Gasteiger partial charge in [0.2, 0.25) is 0 Å². The number of hydrogen-bond acceptors (Lipinski definition) is 5. The monoisotopic (exact) mass is 417 g/mol. The van der Waals surface area contributed by atoms with Crippen LogP contribution in [-0.4, -0.2) is 24.7 Å². The molecule has 156 valence electrons. The number of rotatable bonds is 8. The molecule has 6 nitrogen and oxygen atoms in total. The molecular weight excluding hydrogens is 390 g/mol. The van der Waals surface area contributed by atoms with Crippen molar-refractivity contribution in [1.82, 2.24) is 0 Å². The summed E-state index contributed by atoms with van der Waals surface area (Å²) >= 11 is 0. The van der Waals surface area contributed by atoms with Crippen LogP contribution in [0, 0.1) is 5.92 Å². The van der Waals surface area contributed by atoms with E-state index in [-0.39, 0.29) is 10.8 Å². The maximum Gasteiger partial charge on any atom is 0.338 e. The number of oxime groups is 1. The van der Waals surface area contributed by atoms with Crippen LogP contribution in [-0.2, 0) is 25.2 Å². The molecule has 2 aromatic carbocycles. The molecule has 2 aromatic rings. The van der Waals surface area contributed by atoms with Crippen LogP contribution in [0.4, 0.5) is 0 Å². The van der Waals surface area contributed by atoms with Crippen LogP contribution in [0.5, 0.6) is 0 Å². The first kappa shape index (κ1) is 22.8. The Morgan fingerprint density at radius 3 is 2.21 bits per heavy atom. The summed E-state index contributed by atoms with van der Waals surface area (Å²) in [5.74, 6) is -0.760. The maximum absolute atomic E-state index is 12.6. The molecule has 29 heavy (non-hydrogen) atoms. The van der Waals surface area contributed by atoms with Gasteiger partial charge in [-0.15, -0.1) is 0 Å². The van der Waals surface area contributed by atoms with E-state index in [1.807, 2.05) is 51.1 Å². The largest absolute Gasteiger partial charge is 0.338 e. The van der Waals surface area contributed by atoms with Crippen LogP contribution in [0.25, 0.3) is 0 Å². The highest BCUT2D eigenvalue weighted by molar-refractivity contribution is 7.85. The number of nitrogens with zero attached hydrogens (tertiary/aromatic N) is 1. The van der Waals surface area contributed by atoms with Gasteiger partial charge in [-0.25, -0.2) is 4.79 Å². The van der Waals surface area contributed by atoms with Gasteiger partial charge in [0.05, 0.1) is 16.5 Å². The van der Waals surface area contributed by atoms with E-state index in [9.17, 15) is 13.2 Å². The third-order valence-corrected chi connectivity index (χ3v) is 5.85. The Morgan fingerprint density at radius 2 is 1.69 bits per heavy atom. The third kappa shape index (κ3) is 6.24. The number of hydrogen-bond donors (Lipinski definition) is 1. The Hall–Kier alpha value is -2.51. The van der Waals surface area contributed by atoms with Crippen molar-refractivity contribution >= 4 is 21.8 Å². The zero-order valence-corrected chi connectivity index (χ0v) is 17.9. The number of carbonyl (C=O) groups is 1. The van der Waals surface area contributed by atoms with E-state index in [2.05, 4.69) is 5.16 Å². The van der Waals surface area contributed by atoms with E-state index in [1.165, 1.54) is 12.1 Å². The van der Waals surface area contributed by atoms with E-state index in [1.54, 1.807) is 19.1 Å². The zero-order valence-electron chi connectivity index (χ0n) is 17.1. The first-order valence-electron chi connectivity index (χ1n) is 9.43. The van der Waals surface area contributed by atoms with Gasteiger partial charge in [-0.05, 0) is 48.4 Å². The zero-order chi connectivity index (χ0) is 21.7. The molecule has 0 heterocycles. The summed E-state index contributed by atoms with van der Waals surface area (Å²) in [4.78, 5) is 17.6. The number of carbonyl (C=O) groups excluding carboxylic acids is 1. The molecule has 0 spiro atoms. The van der Waals surface area contributed by atoms with Crippen molar-refractivity contribution in [3.63, 3.8) is 0 Å². The molecule has 0 aromatic heterocycles. The molecule has 0 aliphatic rings. The molecule has 1 N–H and O–H groups in total. The van der Waals surface area contributed by atoms with Crippen molar-refractivity contribution in [2.75, 3.05) is 0 Å². The van der Waals surface area contributed by atoms with Gasteiger partial charge in [-0.3, -0.25) is 4.55 Å². The van der Waals surface area contributed by atoms with E-state index in [0.717, 1.165) is 11.1 Å². The molecule has 0 saturated carbocycles. The summed E-state index contributed by atoms with van der Waals surface area (Å²) in [6, 6.07) is 15.5. The topological polar surface area (TPSA) is 93.0 Å². The quantitative estimate of drug-likeness (QED) is 0.293. The fourth-order valence-electron chi connectivity index (χ4n) is 3.13. The molecule has 0 amide bonds. The SMILES string of the molecule is CCC(CC(C)(C)c1ccc(S(=O)(=O)O)cc1)C(=O)O/N=C(/C)c1ccccc1. The van der Waals surface area contributed by atoms with Crippen LogP contribution in [0.3, 0.4) is 0 Å². The molecule has 2 rings (SSSR count). The average molecular weight is 418 g/mol. The molecule has 1 unspecified atom stereocenters. The van der Waals surface area contributed by atoms with Crippen molar-refractivity contribution in [3.8, 4) is 0 Å². The Labute approximate surface area is 172 Å². The summed E-state index contributed by atoms with van der Waals surface area (Å²) < 4.78 is 31.6. The normalized spacial score (nSPS) is 13.8. The Kier molecular flexibility index (Phi) is 7.32. The third-order valence-electron chi connectivity index (χ3n) is 4.98. The van der Waals surface area contributed by atoms with Gasteiger partial charge in [-0.1, -0.05) is 68.4 Å². The molecule has 0 fully saturated rings. The Balaban J connectivity index is 2.09. The summed E-state index contributed by atoms with van der Waals surface area (Å²) in [7, 11) is -4.23. The van der Waals surface area contributed by atoms with Crippen molar-refractivity contribution in [2.24, 2.45) is 11.1 Å². The second kappa shape index (κ2) is 9.33. The molecule has 0 aliphatic heterocycles. The summed E-state index contributed by atoms with van der Waals surface area (Å²) in [5.41, 5.74) is 1.96. The molecule has 1 atom stereocenters. The maximum atomic E-state index is 12.6. The van der Waals surface area contributed by atoms with Gasteiger partial charge in [0, 0.05) is 0 Å². The Bertz CT molecular complexity index is 964. The van der Waals surface area contributed by atoms with Gasteiger partial charge in [0.1, 0.15) is 0 Å². The van der Waals surface area contributed by atoms with Crippen LogP contribution in [0.1, 0.15) is 51.7 Å². The lowest BCUT2D eigenvalue weighted by atomic mass is 9.76. The second-order valence-electron chi connectivity index (χ2n) is 7.65. The summed E-state index contributed by atoms with van der Waals surface area (Å²) in [5, 5.41) is 3.98. The number of benzene rings is 2. The van der Waals surface area contributed by atoms with Gasteiger partial charge in [0.15, 0.2) is 0 Å². The molecule has 0 aliphatic carbocycles. The first-order valence-corrected chi connectivity index (χ1v) is 10.9. The van der Waals surface area contributed by atoms with E-state index in [0.29, 0.717) is 18.6 Å². The average Bonchev–Trinajstić information content (AvgIpc) is 2.70. The lowest BCUT2D eigenvalue weighted by Gasteiger charge is -2.28. The Morgan fingerprint density at radius 1 is 1.10 bits per heavy atom. The minimum atomic E-state index is -4.23. The minimum Gasteiger partial charge on any atom is -0.318 e. The van der Waals surface area contributed by atoms with Crippen molar-refractivity contribution in [3.05, 3.63) is 65.7 Å². The van der Waals surface area contributed by atoms with Gasteiger partial charge < -0.3 is 4.84 Å². The van der Waals surface area contributed by atoms with Crippen LogP contribution in [0.2, 0.25) is 0 Å². The van der Waals surface area contributed by atoms with Crippen molar-refractivity contribution in [2.45, 2.75) is 50.8 Å². The smallest absolute Gasteiger partial charge is 0.318 e. The van der Waals surface area contributed by atoms with E-state index >= 15 is 0 Å². The highest BCUT2D eigenvalue weighted by Crippen LogP contribution is 2.33. The first-order chi connectivity index (χ1) is 13.5. The van der Waals surface area contributed by atoms with Gasteiger partial charge in [0.25, 0.3) is 10.1 Å².